The second-order valence-corrected chi connectivity index (χ2v) is 6.53. The van der Waals surface area contributed by atoms with Gasteiger partial charge in [0.15, 0.2) is 0 Å². The number of hydrogen-bond acceptors (Lipinski definition) is 4. The zero-order valence-electron chi connectivity index (χ0n) is 10.8. The Labute approximate surface area is 112 Å². The van der Waals surface area contributed by atoms with Gasteiger partial charge >= 0.3 is 0 Å². The van der Waals surface area contributed by atoms with Gasteiger partial charge in [0.25, 0.3) is 0 Å². The van der Waals surface area contributed by atoms with Crippen molar-refractivity contribution >= 4 is 15.7 Å². The summed E-state index contributed by atoms with van der Waals surface area (Å²) in [6.07, 6.45) is 1.66. The maximum Gasteiger partial charge on any atom is 0.245 e. The lowest BCUT2D eigenvalue weighted by atomic mass is 10.1. The van der Waals surface area contributed by atoms with E-state index in [0.717, 1.165) is 25.5 Å². The topological polar surface area (TPSA) is 75.4 Å². The second kappa shape index (κ2) is 5.44. The van der Waals surface area contributed by atoms with Crippen LogP contribution in [0.25, 0.3) is 0 Å². The Hall–Kier alpha value is -1.18. The molecule has 3 N–H and O–H groups in total. The van der Waals surface area contributed by atoms with Crippen molar-refractivity contribution in [3.63, 3.8) is 0 Å². The number of nitrogen functional groups attached to an aromatic ring is 1. The van der Waals surface area contributed by atoms with Crippen LogP contribution in [-0.4, -0.2) is 39.5 Å². The number of anilines is 1. The molecule has 19 heavy (non-hydrogen) atoms. The van der Waals surface area contributed by atoms with E-state index in [-0.39, 0.29) is 11.7 Å². The lowest BCUT2D eigenvalue weighted by molar-refractivity contribution is 0.242. The summed E-state index contributed by atoms with van der Waals surface area (Å²) in [6, 6.07) is 3.66. The van der Waals surface area contributed by atoms with Crippen molar-refractivity contribution in [2.24, 2.45) is 0 Å². The van der Waals surface area contributed by atoms with Crippen LogP contribution in [0.4, 0.5) is 10.1 Å². The fraction of sp³-hybridized carbons (Fsp3) is 0.500. The molecule has 1 aromatic carbocycles. The largest absolute Gasteiger partial charge is 0.398 e. The maximum atomic E-state index is 13.7. The minimum atomic E-state index is -3.92. The molecule has 1 aromatic rings. The van der Waals surface area contributed by atoms with E-state index in [9.17, 15) is 12.8 Å². The van der Waals surface area contributed by atoms with Crippen molar-refractivity contribution in [2.45, 2.75) is 23.8 Å². The molecule has 1 unspecified atom stereocenters. The van der Waals surface area contributed by atoms with Crippen LogP contribution < -0.4 is 10.5 Å². The first kappa shape index (κ1) is 14.2. The van der Waals surface area contributed by atoms with E-state index in [4.69, 9.17) is 5.73 Å². The Kier molecular flexibility index (Phi) is 4.07. The number of piperidine rings is 1. The Bertz CT molecular complexity index is 542. The monoisotopic (exact) mass is 287 g/mol. The molecule has 5 nitrogen and oxygen atoms in total. The number of hydrogen-bond donors (Lipinski definition) is 2. The third kappa shape index (κ3) is 3.23. The number of benzene rings is 1. The minimum Gasteiger partial charge on any atom is -0.398 e. The summed E-state index contributed by atoms with van der Waals surface area (Å²) in [6.45, 7) is 1.56. The van der Waals surface area contributed by atoms with Crippen LogP contribution in [0.15, 0.2) is 23.1 Å². The normalized spacial score (nSPS) is 21.5. The third-order valence-corrected chi connectivity index (χ3v) is 4.82. The van der Waals surface area contributed by atoms with Crippen LogP contribution in [0.5, 0.6) is 0 Å². The number of nitrogens with one attached hydrogen (secondary N) is 1. The van der Waals surface area contributed by atoms with E-state index in [1.807, 2.05) is 11.9 Å². The second-order valence-electron chi connectivity index (χ2n) is 4.88. The highest BCUT2D eigenvalue weighted by Crippen LogP contribution is 2.22. The van der Waals surface area contributed by atoms with Gasteiger partial charge in [0, 0.05) is 12.6 Å². The molecule has 1 aliphatic heterocycles. The summed E-state index contributed by atoms with van der Waals surface area (Å²) in [7, 11) is -1.99. The van der Waals surface area contributed by atoms with E-state index in [2.05, 4.69) is 4.72 Å². The van der Waals surface area contributed by atoms with E-state index >= 15 is 0 Å². The van der Waals surface area contributed by atoms with Crippen LogP contribution in [-0.2, 0) is 10.0 Å². The summed E-state index contributed by atoms with van der Waals surface area (Å²) >= 11 is 0. The van der Waals surface area contributed by atoms with E-state index < -0.39 is 20.7 Å². The minimum absolute atomic E-state index is 0.0725. The van der Waals surface area contributed by atoms with Gasteiger partial charge in [-0.15, -0.1) is 0 Å². The van der Waals surface area contributed by atoms with Crippen molar-refractivity contribution in [3.05, 3.63) is 24.0 Å². The van der Waals surface area contributed by atoms with Crippen LogP contribution >= 0.6 is 0 Å². The van der Waals surface area contributed by atoms with E-state index in [1.165, 1.54) is 12.1 Å². The predicted molar refractivity (Wildman–Crippen MR) is 71.7 cm³/mol. The first-order valence-electron chi connectivity index (χ1n) is 6.15. The summed E-state index contributed by atoms with van der Waals surface area (Å²) < 4.78 is 40.6. The molecule has 0 bridgehead atoms. The number of nitrogens with two attached hydrogens (primary N) is 1. The number of halogens is 1. The highest BCUT2D eigenvalue weighted by atomic mass is 32.2. The van der Waals surface area contributed by atoms with Crippen LogP contribution in [0.2, 0.25) is 0 Å². The molecule has 1 atom stereocenters. The van der Waals surface area contributed by atoms with Gasteiger partial charge in [-0.1, -0.05) is 6.07 Å². The molecule has 1 saturated heterocycles. The van der Waals surface area contributed by atoms with Crippen molar-refractivity contribution in [3.8, 4) is 0 Å². The third-order valence-electron chi connectivity index (χ3n) is 3.21. The lowest BCUT2D eigenvalue weighted by Crippen LogP contribution is -2.46. The van der Waals surface area contributed by atoms with Crippen LogP contribution in [0, 0.1) is 5.82 Å². The highest BCUT2D eigenvalue weighted by molar-refractivity contribution is 7.89. The Morgan fingerprint density at radius 3 is 2.84 bits per heavy atom. The van der Waals surface area contributed by atoms with Crippen molar-refractivity contribution in [1.29, 1.82) is 0 Å². The summed E-state index contributed by atoms with van der Waals surface area (Å²) in [5, 5.41) is 0. The van der Waals surface area contributed by atoms with Crippen molar-refractivity contribution in [2.75, 3.05) is 25.9 Å². The summed E-state index contributed by atoms with van der Waals surface area (Å²) in [5.41, 5.74) is 5.50. The number of nitrogens with zero attached hydrogens (tertiary/aromatic N) is 1. The molecule has 0 spiro atoms. The predicted octanol–water partition coefficient (Wildman–Crippen LogP) is 0.780. The quantitative estimate of drug-likeness (QED) is 0.806. The van der Waals surface area contributed by atoms with E-state index in [1.54, 1.807) is 0 Å². The average Bonchev–Trinajstić information content (AvgIpc) is 2.27. The molecule has 1 heterocycles. The molecule has 2 rings (SSSR count). The lowest BCUT2D eigenvalue weighted by Gasteiger charge is -2.30. The zero-order chi connectivity index (χ0) is 14.0. The Balaban J connectivity index is 2.23. The molecule has 7 heteroatoms. The summed E-state index contributed by atoms with van der Waals surface area (Å²) in [5.74, 6) is -0.823. The van der Waals surface area contributed by atoms with Crippen LogP contribution in [0.1, 0.15) is 12.8 Å². The fourth-order valence-electron chi connectivity index (χ4n) is 2.35. The molecule has 0 aromatic heterocycles. The Morgan fingerprint density at radius 1 is 1.47 bits per heavy atom. The van der Waals surface area contributed by atoms with Crippen LogP contribution in [0.3, 0.4) is 0 Å². The molecular formula is C12H18FN3O2S. The van der Waals surface area contributed by atoms with Gasteiger partial charge in [-0.25, -0.2) is 17.5 Å². The van der Waals surface area contributed by atoms with Gasteiger partial charge in [-0.3, -0.25) is 0 Å². The molecule has 0 aliphatic carbocycles. The van der Waals surface area contributed by atoms with Gasteiger partial charge in [0.2, 0.25) is 10.0 Å². The average molecular weight is 287 g/mol. The SMILES string of the molecule is CN1CCCC(NS(=O)(=O)c2c(N)cccc2F)C1. The molecule has 106 valence electrons. The maximum absolute atomic E-state index is 13.7. The molecule has 0 saturated carbocycles. The highest BCUT2D eigenvalue weighted by Gasteiger charge is 2.27. The number of sulfonamides is 1. The van der Waals surface area contributed by atoms with Gasteiger partial charge < -0.3 is 10.6 Å². The standard InChI is InChI=1S/C12H18FN3O2S/c1-16-7-3-4-9(8-16)15-19(17,18)12-10(13)5-2-6-11(12)14/h2,5-6,9,15H,3-4,7-8,14H2,1H3. The van der Waals surface area contributed by atoms with Gasteiger partial charge in [0.1, 0.15) is 10.7 Å². The smallest absolute Gasteiger partial charge is 0.245 e. The fourth-order valence-corrected chi connectivity index (χ4v) is 3.80. The number of likely N-dealkylation sites (tertiary alicyclic amines) is 1. The molecule has 0 radical (unpaired) electrons. The first-order valence-corrected chi connectivity index (χ1v) is 7.63. The van der Waals surface area contributed by atoms with Crippen molar-refractivity contribution in [1.82, 2.24) is 9.62 Å². The number of likely N-dealkylation sites (N-methyl/N-ethyl adjacent to an activating group) is 1. The Morgan fingerprint density at radius 2 is 2.21 bits per heavy atom. The molecule has 1 fully saturated rings. The molecule has 1 aliphatic rings. The first-order chi connectivity index (χ1) is 8.90. The molecule has 0 amide bonds. The van der Waals surface area contributed by atoms with Gasteiger partial charge in [-0.2, -0.15) is 0 Å². The van der Waals surface area contributed by atoms with Gasteiger partial charge in [0.05, 0.1) is 5.69 Å². The zero-order valence-corrected chi connectivity index (χ0v) is 11.6. The number of rotatable bonds is 3. The van der Waals surface area contributed by atoms with E-state index in [0.29, 0.717) is 6.54 Å². The summed E-state index contributed by atoms with van der Waals surface area (Å²) in [4.78, 5) is 1.59. The molecular weight excluding hydrogens is 269 g/mol. The van der Waals surface area contributed by atoms with Gasteiger partial charge in [-0.05, 0) is 38.6 Å². The van der Waals surface area contributed by atoms with Crippen molar-refractivity contribution < 1.29 is 12.8 Å².